The molecule has 0 saturated heterocycles. The molecular weight excluding hydrogens is 301 g/mol. The van der Waals surface area contributed by atoms with E-state index in [-0.39, 0.29) is 11.0 Å². The van der Waals surface area contributed by atoms with Crippen molar-refractivity contribution >= 4 is 16.5 Å². The molecule has 0 aliphatic rings. The van der Waals surface area contributed by atoms with Crippen LogP contribution in [0.2, 0.25) is 0 Å². The van der Waals surface area contributed by atoms with E-state index in [9.17, 15) is 13.2 Å². The highest BCUT2D eigenvalue weighted by Crippen LogP contribution is 2.33. The minimum atomic E-state index is -4.45. The van der Waals surface area contributed by atoms with E-state index in [4.69, 9.17) is 0 Å². The van der Waals surface area contributed by atoms with Crippen LogP contribution in [0, 0.1) is 5.92 Å². The molecule has 2 aromatic rings. The van der Waals surface area contributed by atoms with Crippen LogP contribution in [-0.4, -0.2) is 21.7 Å². The van der Waals surface area contributed by atoms with Gasteiger partial charge < -0.3 is 5.32 Å². The van der Waals surface area contributed by atoms with Gasteiger partial charge in [-0.2, -0.15) is 13.2 Å². The second-order valence-corrected chi connectivity index (χ2v) is 5.91. The molecule has 114 valence electrons. The van der Waals surface area contributed by atoms with Crippen LogP contribution in [0.1, 0.15) is 30.3 Å². The van der Waals surface area contributed by atoms with Crippen molar-refractivity contribution in [1.82, 2.24) is 15.2 Å². The number of alkyl halides is 3. The third kappa shape index (κ3) is 4.13. The van der Waals surface area contributed by atoms with Crippen LogP contribution in [0.5, 0.6) is 0 Å². The number of hydrogen-bond donors (Lipinski definition) is 1. The SMILES string of the molecule is CC(C)C(CNc1nnc(C(F)(F)F)s1)c1cccnc1. The average Bonchev–Trinajstić information content (AvgIpc) is 2.88. The molecule has 0 fully saturated rings. The van der Waals surface area contributed by atoms with Gasteiger partial charge in [-0.25, -0.2) is 0 Å². The predicted molar refractivity (Wildman–Crippen MR) is 75.2 cm³/mol. The summed E-state index contributed by atoms with van der Waals surface area (Å²) in [6.07, 6.45) is -0.985. The van der Waals surface area contributed by atoms with Crippen LogP contribution in [0.4, 0.5) is 18.3 Å². The summed E-state index contributed by atoms with van der Waals surface area (Å²) in [5, 5.41) is 8.86. The molecule has 0 radical (unpaired) electrons. The topological polar surface area (TPSA) is 50.7 Å². The summed E-state index contributed by atoms with van der Waals surface area (Å²) in [7, 11) is 0. The summed E-state index contributed by atoms with van der Waals surface area (Å²) in [6, 6.07) is 3.80. The number of nitrogens with one attached hydrogen (secondary N) is 1. The zero-order chi connectivity index (χ0) is 15.5. The summed E-state index contributed by atoms with van der Waals surface area (Å²) in [4.78, 5) is 4.08. The van der Waals surface area contributed by atoms with Gasteiger partial charge in [0.2, 0.25) is 10.1 Å². The van der Waals surface area contributed by atoms with Gasteiger partial charge in [-0.15, -0.1) is 10.2 Å². The molecule has 0 spiro atoms. The zero-order valence-electron chi connectivity index (χ0n) is 11.6. The Balaban J connectivity index is 2.04. The summed E-state index contributed by atoms with van der Waals surface area (Å²) < 4.78 is 37.4. The van der Waals surface area contributed by atoms with Crippen LogP contribution in [0.25, 0.3) is 0 Å². The summed E-state index contributed by atoms with van der Waals surface area (Å²) >= 11 is 0.515. The van der Waals surface area contributed by atoms with E-state index in [1.165, 1.54) is 0 Å². The molecule has 1 atom stereocenters. The smallest absolute Gasteiger partial charge is 0.359 e. The maximum atomic E-state index is 12.5. The van der Waals surface area contributed by atoms with Gasteiger partial charge in [0.15, 0.2) is 0 Å². The maximum absolute atomic E-state index is 12.5. The number of halogens is 3. The Kier molecular flexibility index (Phi) is 4.76. The van der Waals surface area contributed by atoms with E-state index in [0.717, 1.165) is 5.56 Å². The van der Waals surface area contributed by atoms with Crippen molar-refractivity contribution in [2.45, 2.75) is 25.9 Å². The number of pyridine rings is 1. The van der Waals surface area contributed by atoms with E-state index in [1.54, 1.807) is 12.4 Å². The fourth-order valence-electron chi connectivity index (χ4n) is 1.94. The van der Waals surface area contributed by atoms with Gasteiger partial charge in [-0.3, -0.25) is 4.98 Å². The molecule has 0 aliphatic carbocycles. The van der Waals surface area contributed by atoms with Crippen molar-refractivity contribution in [2.75, 3.05) is 11.9 Å². The Hall–Kier alpha value is -1.70. The molecule has 2 aromatic heterocycles. The molecule has 0 saturated carbocycles. The number of aromatic nitrogens is 3. The monoisotopic (exact) mass is 316 g/mol. The lowest BCUT2D eigenvalue weighted by Crippen LogP contribution is -2.17. The number of rotatable bonds is 5. The fourth-order valence-corrected chi connectivity index (χ4v) is 2.56. The molecule has 0 aliphatic heterocycles. The Morgan fingerprint density at radius 1 is 1.29 bits per heavy atom. The first-order chi connectivity index (χ1) is 9.88. The predicted octanol–water partition coefficient (Wildman–Crippen LogP) is 3.80. The zero-order valence-corrected chi connectivity index (χ0v) is 12.4. The molecule has 0 aromatic carbocycles. The lowest BCUT2D eigenvalue weighted by atomic mass is 9.89. The number of hydrogen-bond acceptors (Lipinski definition) is 5. The van der Waals surface area contributed by atoms with Crippen LogP contribution >= 0.6 is 11.3 Å². The van der Waals surface area contributed by atoms with Crippen molar-refractivity contribution in [2.24, 2.45) is 5.92 Å². The van der Waals surface area contributed by atoms with E-state index in [2.05, 4.69) is 34.3 Å². The van der Waals surface area contributed by atoms with Gasteiger partial charge in [0.25, 0.3) is 0 Å². The molecule has 1 N–H and O–H groups in total. The molecule has 8 heteroatoms. The Morgan fingerprint density at radius 2 is 2.05 bits per heavy atom. The first-order valence-corrected chi connectivity index (χ1v) is 7.24. The van der Waals surface area contributed by atoms with Gasteiger partial charge in [0.05, 0.1) is 0 Å². The number of anilines is 1. The third-order valence-corrected chi connectivity index (χ3v) is 3.98. The van der Waals surface area contributed by atoms with E-state index >= 15 is 0 Å². The molecule has 0 bridgehead atoms. The van der Waals surface area contributed by atoms with Crippen molar-refractivity contribution < 1.29 is 13.2 Å². The van der Waals surface area contributed by atoms with Gasteiger partial charge in [0.1, 0.15) is 0 Å². The van der Waals surface area contributed by atoms with Crippen molar-refractivity contribution in [1.29, 1.82) is 0 Å². The quantitative estimate of drug-likeness (QED) is 0.911. The van der Waals surface area contributed by atoms with Crippen molar-refractivity contribution in [3.05, 3.63) is 35.1 Å². The van der Waals surface area contributed by atoms with Crippen molar-refractivity contribution in [3.8, 4) is 0 Å². The lowest BCUT2D eigenvalue weighted by Gasteiger charge is -2.21. The Labute approximate surface area is 124 Å². The molecule has 2 rings (SSSR count). The van der Waals surface area contributed by atoms with E-state index in [0.29, 0.717) is 23.8 Å². The minimum Gasteiger partial charge on any atom is -0.359 e. The molecule has 4 nitrogen and oxygen atoms in total. The van der Waals surface area contributed by atoms with Gasteiger partial charge in [-0.1, -0.05) is 31.3 Å². The second kappa shape index (κ2) is 6.38. The number of nitrogens with zero attached hydrogens (tertiary/aromatic N) is 3. The summed E-state index contributed by atoms with van der Waals surface area (Å²) in [5.41, 5.74) is 1.04. The minimum absolute atomic E-state index is 0.136. The van der Waals surface area contributed by atoms with Crippen LogP contribution in [0.3, 0.4) is 0 Å². The third-order valence-electron chi connectivity index (χ3n) is 3.06. The highest BCUT2D eigenvalue weighted by atomic mass is 32.1. The Bertz CT molecular complexity index is 568. The normalized spacial score (nSPS) is 13.4. The molecule has 21 heavy (non-hydrogen) atoms. The largest absolute Gasteiger partial charge is 0.445 e. The van der Waals surface area contributed by atoms with E-state index < -0.39 is 11.2 Å². The highest BCUT2D eigenvalue weighted by molar-refractivity contribution is 7.15. The standard InChI is InChI=1S/C13H15F3N4S/c1-8(2)10(9-4-3-5-17-6-9)7-18-12-20-19-11(21-12)13(14,15)16/h3-6,8,10H,7H2,1-2H3,(H,18,20). The fraction of sp³-hybridized carbons (Fsp3) is 0.462. The first-order valence-electron chi connectivity index (χ1n) is 6.42. The maximum Gasteiger partial charge on any atom is 0.445 e. The van der Waals surface area contributed by atoms with Crippen LogP contribution in [0.15, 0.2) is 24.5 Å². The summed E-state index contributed by atoms with van der Waals surface area (Å²) in [6.45, 7) is 4.59. The average molecular weight is 316 g/mol. The molecule has 0 amide bonds. The van der Waals surface area contributed by atoms with Gasteiger partial charge in [0, 0.05) is 24.9 Å². The second-order valence-electron chi connectivity index (χ2n) is 4.93. The van der Waals surface area contributed by atoms with Crippen LogP contribution in [-0.2, 0) is 6.18 Å². The Morgan fingerprint density at radius 3 is 2.57 bits per heavy atom. The molecular formula is C13H15F3N4S. The molecule has 2 heterocycles. The van der Waals surface area contributed by atoms with Crippen molar-refractivity contribution in [3.63, 3.8) is 0 Å². The van der Waals surface area contributed by atoms with Gasteiger partial charge >= 0.3 is 6.18 Å². The highest BCUT2D eigenvalue weighted by Gasteiger charge is 2.35. The van der Waals surface area contributed by atoms with E-state index in [1.807, 2.05) is 12.1 Å². The van der Waals surface area contributed by atoms with Crippen LogP contribution < -0.4 is 5.32 Å². The lowest BCUT2D eigenvalue weighted by molar-refractivity contribution is -0.138. The van der Waals surface area contributed by atoms with Gasteiger partial charge in [-0.05, 0) is 17.5 Å². The first kappa shape index (κ1) is 15.7. The summed E-state index contributed by atoms with van der Waals surface area (Å²) in [5.74, 6) is 0.452. The molecule has 1 unspecified atom stereocenters.